The van der Waals surface area contributed by atoms with Crippen LogP contribution in [0.4, 0.5) is 0 Å². The zero-order valence-electron chi connectivity index (χ0n) is 11.2. The third-order valence-electron chi connectivity index (χ3n) is 2.70. The molecule has 2 aromatic rings. The highest BCUT2D eigenvalue weighted by Crippen LogP contribution is 2.18. The predicted octanol–water partition coefficient (Wildman–Crippen LogP) is 2.10. The number of thiophene rings is 1. The number of aromatic nitrogens is 1. The minimum absolute atomic E-state index is 0.115. The molecule has 0 aliphatic carbocycles. The van der Waals surface area contributed by atoms with Crippen molar-refractivity contribution in [1.29, 1.82) is 0 Å². The van der Waals surface area contributed by atoms with Gasteiger partial charge in [0.25, 0.3) is 0 Å². The van der Waals surface area contributed by atoms with Crippen LogP contribution < -0.4 is 5.32 Å². The number of pyridine rings is 1. The van der Waals surface area contributed by atoms with Gasteiger partial charge in [0.2, 0.25) is 5.91 Å². The van der Waals surface area contributed by atoms with Crippen molar-refractivity contribution in [2.24, 2.45) is 0 Å². The summed E-state index contributed by atoms with van der Waals surface area (Å²) < 4.78 is 0. The fraction of sp³-hybridized carbons (Fsp3) is 0.133. The van der Waals surface area contributed by atoms with E-state index in [0.717, 1.165) is 16.5 Å². The smallest absolute Gasteiger partial charge is 0.328 e. The van der Waals surface area contributed by atoms with E-state index in [4.69, 9.17) is 5.11 Å². The van der Waals surface area contributed by atoms with E-state index in [-0.39, 0.29) is 12.3 Å². The second-order valence-electron chi connectivity index (χ2n) is 4.25. The van der Waals surface area contributed by atoms with E-state index in [9.17, 15) is 9.59 Å². The fourth-order valence-corrected chi connectivity index (χ4v) is 2.52. The van der Waals surface area contributed by atoms with Crippen LogP contribution >= 0.6 is 11.3 Å². The van der Waals surface area contributed by atoms with Crippen LogP contribution in [-0.2, 0) is 22.6 Å². The van der Waals surface area contributed by atoms with Gasteiger partial charge in [0.1, 0.15) is 0 Å². The SMILES string of the molecule is O=C(O)/C=C/c1ccsc1CNC(=O)Cc1ccccn1. The Morgan fingerprint density at radius 3 is 2.90 bits per heavy atom. The monoisotopic (exact) mass is 302 g/mol. The summed E-state index contributed by atoms with van der Waals surface area (Å²) in [6, 6.07) is 7.26. The lowest BCUT2D eigenvalue weighted by Gasteiger charge is -2.04. The third kappa shape index (κ3) is 4.85. The van der Waals surface area contributed by atoms with Crippen LogP contribution in [0.25, 0.3) is 6.08 Å². The van der Waals surface area contributed by atoms with Crippen molar-refractivity contribution < 1.29 is 14.7 Å². The average Bonchev–Trinajstić information content (AvgIpc) is 2.91. The summed E-state index contributed by atoms with van der Waals surface area (Å²) in [7, 11) is 0. The largest absolute Gasteiger partial charge is 0.478 e. The predicted molar refractivity (Wildman–Crippen MR) is 80.8 cm³/mol. The number of nitrogens with zero attached hydrogens (tertiary/aromatic N) is 1. The van der Waals surface area contributed by atoms with Gasteiger partial charge in [-0.2, -0.15) is 0 Å². The van der Waals surface area contributed by atoms with Gasteiger partial charge >= 0.3 is 5.97 Å². The minimum atomic E-state index is -0.994. The molecule has 2 rings (SSSR count). The summed E-state index contributed by atoms with van der Waals surface area (Å²) in [4.78, 5) is 27.4. The maximum atomic E-state index is 11.8. The lowest BCUT2D eigenvalue weighted by molar-refractivity contribution is -0.131. The van der Waals surface area contributed by atoms with Crippen LogP contribution in [0.1, 0.15) is 16.1 Å². The Morgan fingerprint density at radius 2 is 2.19 bits per heavy atom. The second-order valence-corrected chi connectivity index (χ2v) is 5.25. The van der Waals surface area contributed by atoms with Crippen molar-refractivity contribution in [3.8, 4) is 0 Å². The minimum Gasteiger partial charge on any atom is -0.478 e. The van der Waals surface area contributed by atoms with Gasteiger partial charge in [0, 0.05) is 22.8 Å². The van der Waals surface area contributed by atoms with Gasteiger partial charge in [-0.05, 0) is 35.2 Å². The van der Waals surface area contributed by atoms with Gasteiger partial charge in [0.05, 0.1) is 13.0 Å². The van der Waals surface area contributed by atoms with Gasteiger partial charge in [0.15, 0.2) is 0 Å². The standard InChI is InChI=1S/C15H14N2O3S/c18-14(9-12-3-1-2-7-16-12)17-10-13-11(6-8-21-13)4-5-15(19)20/h1-8H,9-10H2,(H,17,18)(H,19,20)/b5-4+. The number of nitrogens with one attached hydrogen (secondary N) is 1. The summed E-state index contributed by atoms with van der Waals surface area (Å²) in [5.74, 6) is -1.11. The Hall–Kier alpha value is -2.47. The Morgan fingerprint density at radius 1 is 1.33 bits per heavy atom. The molecule has 0 saturated carbocycles. The second kappa shape index (κ2) is 7.35. The number of carbonyl (C=O) groups is 2. The first-order valence-electron chi connectivity index (χ1n) is 6.29. The molecule has 1 amide bonds. The molecule has 21 heavy (non-hydrogen) atoms. The Bertz CT molecular complexity index is 650. The van der Waals surface area contributed by atoms with Crippen molar-refractivity contribution >= 4 is 29.3 Å². The summed E-state index contributed by atoms with van der Waals surface area (Å²) in [5.41, 5.74) is 1.52. The van der Waals surface area contributed by atoms with Gasteiger partial charge < -0.3 is 10.4 Å². The first-order valence-corrected chi connectivity index (χ1v) is 7.17. The zero-order chi connectivity index (χ0) is 15.1. The van der Waals surface area contributed by atoms with E-state index in [2.05, 4.69) is 10.3 Å². The Balaban J connectivity index is 1.90. The van der Waals surface area contributed by atoms with Crippen LogP contribution in [-0.4, -0.2) is 22.0 Å². The normalized spacial score (nSPS) is 10.7. The average molecular weight is 302 g/mol. The lowest BCUT2D eigenvalue weighted by atomic mass is 10.2. The van der Waals surface area contributed by atoms with Crippen LogP contribution in [0.2, 0.25) is 0 Å². The highest BCUT2D eigenvalue weighted by molar-refractivity contribution is 7.10. The molecule has 5 nitrogen and oxygen atoms in total. The van der Waals surface area contributed by atoms with Crippen LogP contribution in [0.5, 0.6) is 0 Å². The molecule has 2 aromatic heterocycles. The fourth-order valence-electron chi connectivity index (χ4n) is 1.71. The highest BCUT2D eigenvalue weighted by Gasteiger charge is 2.06. The molecule has 0 aliphatic heterocycles. The van der Waals surface area contributed by atoms with E-state index >= 15 is 0 Å². The Kier molecular flexibility index (Phi) is 5.22. The molecule has 0 spiro atoms. The van der Waals surface area contributed by atoms with Crippen molar-refractivity contribution in [1.82, 2.24) is 10.3 Å². The topological polar surface area (TPSA) is 79.3 Å². The summed E-state index contributed by atoms with van der Waals surface area (Å²) in [5, 5.41) is 13.3. The quantitative estimate of drug-likeness (QED) is 0.801. The molecule has 108 valence electrons. The van der Waals surface area contributed by atoms with Gasteiger partial charge in [-0.1, -0.05) is 6.07 Å². The zero-order valence-corrected chi connectivity index (χ0v) is 12.0. The van der Waals surface area contributed by atoms with Crippen LogP contribution in [0.3, 0.4) is 0 Å². The van der Waals surface area contributed by atoms with E-state index in [0.29, 0.717) is 12.2 Å². The number of hydrogen-bond donors (Lipinski definition) is 2. The van der Waals surface area contributed by atoms with Gasteiger partial charge in [-0.3, -0.25) is 9.78 Å². The molecular formula is C15H14N2O3S. The van der Waals surface area contributed by atoms with Crippen LogP contribution in [0.15, 0.2) is 41.9 Å². The lowest BCUT2D eigenvalue weighted by Crippen LogP contribution is -2.24. The van der Waals surface area contributed by atoms with Crippen molar-refractivity contribution in [3.63, 3.8) is 0 Å². The number of carboxylic acids is 1. The number of carboxylic acid groups (broad SMARTS) is 1. The highest BCUT2D eigenvalue weighted by atomic mass is 32.1. The van der Waals surface area contributed by atoms with Gasteiger partial charge in [-0.15, -0.1) is 11.3 Å². The summed E-state index contributed by atoms with van der Waals surface area (Å²) in [6.07, 6.45) is 4.49. The maximum absolute atomic E-state index is 11.8. The maximum Gasteiger partial charge on any atom is 0.328 e. The number of amides is 1. The van der Waals surface area contributed by atoms with Gasteiger partial charge in [-0.25, -0.2) is 4.79 Å². The molecule has 2 N–H and O–H groups in total. The van der Waals surface area contributed by atoms with Crippen molar-refractivity contribution in [3.05, 3.63) is 58.1 Å². The molecule has 0 atom stereocenters. The third-order valence-corrected chi connectivity index (χ3v) is 3.64. The van der Waals surface area contributed by atoms with E-state index in [1.54, 1.807) is 18.3 Å². The molecule has 6 heteroatoms. The molecule has 0 aromatic carbocycles. The number of carbonyl (C=O) groups excluding carboxylic acids is 1. The molecule has 0 saturated heterocycles. The molecule has 0 aliphatic rings. The molecule has 2 heterocycles. The Labute approximate surface area is 126 Å². The number of rotatable bonds is 6. The van der Waals surface area contributed by atoms with Crippen molar-refractivity contribution in [2.45, 2.75) is 13.0 Å². The first kappa shape index (κ1) is 14.9. The van der Waals surface area contributed by atoms with E-state index < -0.39 is 5.97 Å². The summed E-state index contributed by atoms with van der Waals surface area (Å²) >= 11 is 1.47. The molecule has 0 fully saturated rings. The van der Waals surface area contributed by atoms with E-state index in [1.807, 2.05) is 17.5 Å². The number of hydrogen-bond acceptors (Lipinski definition) is 4. The molecular weight excluding hydrogens is 288 g/mol. The molecule has 0 radical (unpaired) electrons. The van der Waals surface area contributed by atoms with Crippen LogP contribution in [0, 0.1) is 0 Å². The van der Waals surface area contributed by atoms with E-state index in [1.165, 1.54) is 17.4 Å². The molecule has 0 unspecified atom stereocenters. The first-order chi connectivity index (χ1) is 10.1. The van der Waals surface area contributed by atoms with Crippen molar-refractivity contribution in [2.75, 3.05) is 0 Å². The molecule has 0 bridgehead atoms. The number of aliphatic carboxylic acids is 1. The summed E-state index contributed by atoms with van der Waals surface area (Å²) in [6.45, 7) is 0.378.